The van der Waals surface area contributed by atoms with Gasteiger partial charge in [0.25, 0.3) is 0 Å². The number of ether oxygens (including phenoxy) is 2. The molecule has 5 aromatic rings. The number of halogens is 1. The number of hydrogen-bond acceptors (Lipinski definition) is 8. The Hall–Kier alpha value is -5.07. The van der Waals surface area contributed by atoms with Gasteiger partial charge in [0.05, 0.1) is 20.8 Å². The zero-order valence-electron chi connectivity index (χ0n) is 22.8. The average molecular weight is 600 g/mol. The van der Waals surface area contributed by atoms with Gasteiger partial charge in [0.1, 0.15) is 11.5 Å². The Labute approximate surface area is 249 Å². The van der Waals surface area contributed by atoms with E-state index in [1.54, 1.807) is 42.6 Å². The summed E-state index contributed by atoms with van der Waals surface area (Å²) in [6.45, 7) is 3.04. The van der Waals surface area contributed by atoms with Crippen LogP contribution < -0.4 is 14.8 Å². The van der Waals surface area contributed by atoms with E-state index >= 15 is 0 Å². The highest BCUT2D eigenvalue weighted by Gasteiger charge is 2.20. The normalized spacial score (nSPS) is 13.6. The van der Waals surface area contributed by atoms with Crippen LogP contribution in [0.25, 0.3) is 20.8 Å². The fourth-order valence-electron chi connectivity index (χ4n) is 4.66. The van der Waals surface area contributed by atoms with E-state index in [0.29, 0.717) is 49.7 Å². The quantitative estimate of drug-likeness (QED) is 0.212. The number of anilines is 1. The zero-order valence-corrected chi connectivity index (χ0v) is 23.6. The molecule has 0 atom stereocenters. The Kier molecular flexibility index (Phi) is 8.11. The van der Waals surface area contributed by atoms with Crippen molar-refractivity contribution in [3.8, 4) is 27.8 Å². The van der Waals surface area contributed by atoms with Crippen molar-refractivity contribution >= 4 is 39.4 Å². The summed E-state index contributed by atoms with van der Waals surface area (Å²) in [5, 5.41) is 11.6. The Morgan fingerprint density at radius 3 is 2.49 bits per heavy atom. The van der Waals surface area contributed by atoms with E-state index in [-0.39, 0.29) is 11.4 Å². The number of fused-ring (bicyclic) bond motifs is 1. The maximum Gasteiger partial charge on any atom is 0.417 e. The van der Waals surface area contributed by atoms with Gasteiger partial charge in [-0.05, 0) is 42.0 Å². The van der Waals surface area contributed by atoms with Crippen molar-refractivity contribution in [1.82, 2.24) is 19.8 Å². The Bertz CT molecular complexity index is 1760. The molecule has 1 aliphatic rings. The van der Waals surface area contributed by atoms with Crippen molar-refractivity contribution in [3.63, 3.8) is 0 Å². The molecule has 218 valence electrons. The summed E-state index contributed by atoms with van der Waals surface area (Å²) in [5.74, 6) is 0.162. The van der Waals surface area contributed by atoms with E-state index in [0.717, 1.165) is 26.9 Å². The van der Waals surface area contributed by atoms with Crippen LogP contribution in [0.5, 0.6) is 17.2 Å². The van der Waals surface area contributed by atoms with E-state index in [1.165, 1.54) is 28.4 Å². The molecule has 0 unspecified atom stereocenters. The minimum atomic E-state index is -0.879. The number of rotatable bonds is 7. The molecule has 0 saturated carbocycles. The smallest absolute Gasteiger partial charge is 0.417 e. The summed E-state index contributed by atoms with van der Waals surface area (Å²) in [6, 6.07) is 20.3. The molecule has 2 aromatic carbocycles. The molecule has 1 aliphatic heterocycles. The number of nitrogens with one attached hydrogen (secondary N) is 1. The van der Waals surface area contributed by atoms with Crippen LogP contribution in [0.1, 0.15) is 5.56 Å². The van der Waals surface area contributed by atoms with E-state index in [2.05, 4.69) is 20.2 Å². The standard InChI is InChI=1S/C31H26FN5O5S/c32-23-16-21(35-30(38)41-22-4-2-1-3-5-22)7-9-26(23)42-27-10-11-33-25-17-28(43-29(25)27)24-8-6-20(18-34-24)19-36-12-14-37(15-13-36)31(39)40/h1-11,16-18H,12-15,19H2,(H,35,38)(H,39,40). The van der Waals surface area contributed by atoms with Crippen LogP contribution in [-0.4, -0.2) is 63.2 Å². The van der Waals surface area contributed by atoms with Gasteiger partial charge >= 0.3 is 12.2 Å². The lowest BCUT2D eigenvalue weighted by atomic mass is 10.2. The molecule has 6 rings (SSSR count). The number of para-hydroxylation sites is 1. The number of benzene rings is 2. The van der Waals surface area contributed by atoms with Crippen LogP contribution >= 0.6 is 11.3 Å². The predicted octanol–water partition coefficient (Wildman–Crippen LogP) is 6.70. The van der Waals surface area contributed by atoms with Gasteiger partial charge in [0, 0.05) is 62.9 Å². The number of aromatic nitrogens is 2. The molecule has 0 spiro atoms. The number of amides is 2. The summed E-state index contributed by atoms with van der Waals surface area (Å²) in [7, 11) is 0. The SMILES string of the molecule is O=C(Nc1ccc(Oc2ccnc3cc(-c4ccc(CN5CCN(C(=O)O)CC5)cn4)sc23)c(F)c1)Oc1ccccc1. The van der Waals surface area contributed by atoms with Gasteiger partial charge in [-0.15, -0.1) is 11.3 Å². The maximum absolute atomic E-state index is 15.0. The van der Waals surface area contributed by atoms with Crippen LogP contribution in [0.4, 0.5) is 19.7 Å². The molecular formula is C31H26FN5O5S. The highest BCUT2D eigenvalue weighted by Crippen LogP contribution is 2.39. The lowest BCUT2D eigenvalue weighted by molar-refractivity contribution is 0.103. The molecule has 0 bridgehead atoms. The summed E-state index contributed by atoms with van der Waals surface area (Å²) >= 11 is 1.44. The summed E-state index contributed by atoms with van der Waals surface area (Å²) < 4.78 is 26.8. The number of carbonyl (C=O) groups excluding carboxylic acids is 1. The molecule has 1 saturated heterocycles. The first-order valence-electron chi connectivity index (χ1n) is 13.5. The van der Waals surface area contributed by atoms with E-state index in [4.69, 9.17) is 14.6 Å². The van der Waals surface area contributed by atoms with Crippen LogP contribution in [0.2, 0.25) is 0 Å². The summed E-state index contributed by atoms with van der Waals surface area (Å²) in [5.41, 5.74) is 2.73. The highest BCUT2D eigenvalue weighted by molar-refractivity contribution is 7.22. The minimum absolute atomic E-state index is 0.00362. The number of hydrogen-bond donors (Lipinski definition) is 2. The second-order valence-electron chi connectivity index (χ2n) is 9.81. The van der Waals surface area contributed by atoms with Crippen molar-refractivity contribution in [2.75, 3.05) is 31.5 Å². The fourth-order valence-corrected chi connectivity index (χ4v) is 5.70. The molecular weight excluding hydrogens is 573 g/mol. The zero-order chi connectivity index (χ0) is 29.8. The van der Waals surface area contributed by atoms with E-state index < -0.39 is 18.0 Å². The van der Waals surface area contributed by atoms with Gasteiger partial charge in [-0.1, -0.05) is 24.3 Å². The molecule has 0 radical (unpaired) electrons. The van der Waals surface area contributed by atoms with Gasteiger partial charge in [0.15, 0.2) is 11.6 Å². The summed E-state index contributed by atoms with van der Waals surface area (Å²) in [6.07, 6.45) is 1.81. The molecule has 2 amide bonds. The second-order valence-corrected chi connectivity index (χ2v) is 10.9. The molecule has 2 N–H and O–H groups in total. The third kappa shape index (κ3) is 6.71. The first kappa shape index (κ1) is 28.1. The highest BCUT2D eigenvalue weighted by atomic mass is 32.1. The van der Waals surface area contributed by atoms with Crippen molar-refractivity contribution < 1.29 is 28.6 Å². The molecule has 3 aromatic heterocycles. The van der Waals surface area contributed by atoms with Crippen LogP contribution in [0, 0.1) is 5.82 Å². The van der Waals surface area contributed by atoms with Crippen molar-refractivity contribution in [2.45, 2.75) is 6.54 Å². The van der Waals surface area contributed by atoms with Crippen LogP contribution in [0.3, 0.4) is 0 Å². The number of carboxylic acid groups (broad SMARTS) is 1. The molecule has 1 fully saturated rings. The number of nitrogens with zero attached hydrogens (tertiary/aromatic N) is 4. The Morgan fingerprint density at radius 1 is 0.953 bits per heavy atom. The maximum atomic E-state index is 15.0. The van der Waals surface area contributed by atoms with Crippen LogP contribution in [-0.2, 0) is 6.54 Å². The topological polar surface area (TPSA) is 117 Å². The van der Waals surface area contributed by atoms with Gasteiger partial charge in [-0.3, -0.25) is 20.2 Å². The monoisotopic (exact) mass is 599 g/mol. The lowest BCUT2D eigenvalue weighted by Crippen LogP contribution is -2.47. The molecule has 4 heterocycles. The molecule has 0 aliphatic carbocycles. The van der Waals surface area contributed by atoms with E-state index in [9.17, 15) is 14.0 Å². The number of piperazine rings is 1. The largest absolute Gasteiger partial charge is 0.465 e. The fraction of sp³-hybridized carbons (Fsp3) is 0.161. The van der Waals surface area contributed by atoms with Crippen molar-refractivity contribution in [1.29, 1.82) is 0 Å². The van der Waals surface area contributed by atoms with Crippen LogP contribution in [0.15, 0.2) is 85.2 Å². The first-order valence-corrected chi connectivity index (χ1v) is 14.3. The average Bonchev–Trinajstić information content (AvgIpc) is 3.45. The molecule has 10 nitrogen and oxygen atoms in total. The van der Waals surface area contributed by atoms with E-state index in [1.807, 2.05) is 24.4 Å². The minimum Gasteiger partial charge on any atom is -0.465 e. The Balaban J connectivity index is 1.12. The lowest BCUT2D eigenvalue weighted by Gasteiger charge is -2.32. The van der Waals surface area contributed by atoms with Gasteiger partial charge in [-0.25, -0.2) is 14.0 Å². The predicted molar refractivity (Wildman–Crippen MR) is 160 cm³/mol. The summed E-state index contributed by atoms with van der Waals surface area (Å²) in [4.78, 5) is 36.9. The number of carbonyl (C=O) groups is 2. The van der Waals surface area contributed by atoms with Crippen molar-refractivity contribution in [2.24, 2.45) is 0 Å². The van der Waals surface area contributed by atoms with Crippen molar-refractivity contribution in [3.05, 3.63) is 96.6 Å². The molecule has 43 heavy (non-hydrogen) atoms. The second kappa shape index (κ2) is 12.4. The number of thiophene rings is 1. The number of pyridine rings is 2. The van der Waals surface area contributed by atoms with Gasteiger partial charge in [-0.2, -0.15) is 0 Å². The third-order valence-corrected chi connectivity index (χ3v) is 8.02. The third-order valence-electron chi connectivity index (χ3n) is 6.85. The molecule has 12 heteroatoms. The van der Waals surface area contributed by atoms with Gasteiger partial charge < -0.3 is 19.5 Å². The van der Waals surface area contributed by atoms with Gasteiger partial charge in [0.2, 0.25) is 0 Å². The first-order chi connectivity index (χ1) is 20.9. The Morgan fingerprint density at radius 2 is 1.77 bits per heavy atom.